The number of alkyl halides is 3. The van der Waals surface area contributed by atoms with Gasteiger partial charge in [-0.1, -0.05) is 0 Å². The molecule has 6 nitrogen and oxygen atoms in total. The Balaban J connectivity index is 0.000000758. The minimum atomic E-state index is -4.34. The molecule has 3 aromatic rings. The van der Waals surface area contributed by atoms with Gasteiger partial charge in [0, 0.05) is 30.6 Å². The molecule has 0 unspecified atom stereocenters. The first-order valence-corrected chi connectivity index (χ1v) is 7.43. The number of ether oxygens (including phenoxy) is 1. The van der Waals surface area contributed by atoms with Crippen molar-refractivity contribution in [2.24, 2.45) is 5.73 Å². The summed E-state index contributed by atoms with van der Waals surface area (Å²) in [5.41, 5.74) is 6.40. The molecule has 0 aliphatic rings. The Hall–Kier alpha value is -3.07. The number of H-pyrrole nitrogens is 1. The number of halogens is 3. The maximum Gasteiger partial charge on any atom is 0.416 e. The van der Waals surface area contributed by atoms with Crippen molar-refractivity contribution in [1.82, 2.24) is 9.97 Å². The Labute approximate surface area is 147 Å². The van der Waals surface area contributed by atoms with Crippen molar-refractivity contribution in [1.29, 1.82) is 0 Å². The lowest BCUT2D eigenvalue weighted by atomic mass is 10.2. The van der Waals surface area contributed by atoms with Crippen LogP contribution in [-0.4, -0.2) is 23.5 Å². The van der Waals surface area contributed by atoms with Gasteiger partial charge in [-0.3, -0.25) is 4.79 Å². The predicted octanol–water partition coefficient (Wildman–Crippen LogP) is 3.57. The molecule has 0 fully saturated rings. The molecule has 0 aliphatic carbocycles. The Morgan fingerprint density at radius 2 is 1.96 bits per heavy atom. The zero-order chi connectivity index (χ0) is 19.2. The molecule has 26 heavy (non-hydrogen) atoms. The standard InChI is InChI=1S/C16H14F3N3O.CH3NO/c1-23-9-10-6-13-14(8-21-15(13)20-7-10)22-12-4-2-11(3-5-12)16(17,18)19;2-1-3/h2-8,22H,9H2,1H3,(H,20,21);1H,(H2,2,3). The van der Waals surface area contributed by atoms with E-state index in [0.29, 0.717) is 17.9 Å². The van der Waals surface area contributed by atoms with Gasteiger partial charge < -0.3 is 20.8 Å². The second-order valence-electron chi connectivity index (χ2n) is 5.21. The number of carbonyl (C=O) groups is 1. The number of pyridine rings is 1. The number of primary amides is 1. The van der Waals surface area contributed by atoms with E-state index in [1.807, 2.05) is 6.07 Å². The van der Waals surface area contributed by atoms with Crippen LogP contribution in [0, 0.1) is 0 Å². The number of anilines is 2. The molecule has 0 saturated heterocycles. The number of methoxy groups -OCH3 is 1. The van der Waals surface area contributed by atoms with Crippen LogP contribution in [0.4, 0.5) is 24.5 Å². The van der Waals surface area contributed by atoms with E-state index in [2.05, 4.69) is 21.0 Å². The lowest BCUT2D eigenvalue weighted by Gasteiger charge is -2.09. The lowest BCUT2D eigenvalue weighted by Crippen LogP contribution is -2.04. The summed E-state index contributed by atoms with van der Waals surface area (Å²) < 4.78 is 42.8. The fraction of sp³-hybridized carbons (Fsp3) is 0.176. The molecule has 0 saturated carbocycles. The van der Waals surface area contributed by atoms with Gasteiger partial charge in [0.1, 0.15) is 5.65 Å². The number of nitrogens with two attached hydrogens (primary N) is 1. The summed E-state index contributed by atoms with van der Waals surface area (Å²) in [4.78, 5) is 15.9. The molecule has 0 spiro atoms. The second kappa shape index (κ2) is 8.34. The number of aromatic nitrogens is 2. The monoisotopic (exact) mass is 366 g/mol. The number of amides is 1. The van der Waals surface area contributed by atoms with E-state index in [9.17, 15) is 13.2 Å². The first-order valence-electron chi connectivity index (χ1n) is 7.43. The Bertz CT molecular complexity index is 861. The third-order valence-corrected chi connectivity index (χ3v) is 3.39. The Morgan fingerprint density at radius 1 is 1.31 bits per heavy atom. The Kier molecular flexibility index (Phi) is 6.18. The molecule has 3 rings (SSSR count). The molecular formula is C17H17F3N4O2. The zero-order valence-electron chi connectivity index (χ0n) is 13.8. The molecule has 9 heteroatoms. The highest BCUT2D eigenvalue weighted by Crippen LogP contribution is 2.31. The molecule has 4 N–H and O–H groups in total. The molecule has 0 aliphatic heterocycles. The van der Waals surface area contributed by atoms with Crippen LogP contribution in [0.25, 0.3) is 11.0 Å². The topological polar surface area (TPSA) is 93.0 Å². The summed E-state index contributed by atoms with van der Waals surface area (Å²) in [6.07, 6.45) is -0.644. The van der Waals surface area contributed by atoms with E-state index in [1.54, 1.807) is 19.5 Å². The average molecular weight is 366 g/mol. The van der Waals surface area contributed by atoms with Gasteiger partial charge in [0.15, 0.2) is 0 Å². The largest absolute Gasteiger partial charge is 0.416 e. The molecule has 0 atom stereocenters. The zero-order valence-corrected chi connectivity index (χ0v) is 13.8. The highest BCUT2D eigenvalue weighted by Gasteiger charge is 2.29. The van der Waals surface area contributed by atoms with E-state index < -0.39 is 11.7 Å². The van der Waals surface area contributed by atoms with Crippen molar-refractivity contribution in [2.75, 3.05) is 12.4 Å². The van der Waals surface area contributed by atoms with Gasteiger partial charge in [-0.2, -0.15) is 13.2 Å². The van der Waals surface area contributed by atoms with Crippen molar-refractivity contribution in [2.45, 2.75) is 12.8 Å². The molecule has 2 heterocycles. The van der Waals surface area contributed by atoms with Gasteiger partial charge in [-0.25, -0.2) is 4.98 Å². The van der Waals surface area contributed by atoms with Gasteiger partial charge in [0.25, 0.3) is 0 Å². The minimum absolute atomic E-state index is 0.250. The highest BCUT2D eigenvalue weighted by atomic mass is 19.4. The van der Waals surface area contributed by atoms with Crippen LogP contribution >= 0.6 is 0 Å². The van der Waals surface area contributed by atoms with E-state index in [4.69, 9.17) is 9.53 Å². The Morgan fingerprint density at radius 3 is 2.54 bits per heavy atom. The summed E-state index contributed by atoms with van der Waals surface area (Å²) in [5, 5.41) is 3.94. The van der Waals surface area contributed by atoms with Crippen molar-refractivity contribution < 1.29 is 22.7 Å². The van der Waals surface area contributed by atoms with Gasteiger partial charge >= 0.3 is 6.18 Å². The molecule has 138 valence electrons. The number of rotatable bonds is 4. The van der Waals surface area contributed by atoms with Crippen LogP contribution in [0.2, 0.25) is 0 Å². The fourth-order valence-corrected chi connectivity index (χ4v) is 2.29. The summed E-state index contributed by atoms with van der Waals surface area (Å²) in [6.45, 7) is 0.438. The SMILES string of the molecule is COCc1cnc2[nH]cc(Nc3ccc(C(F)(F)F)cc3)c2c1.NC=O. The van der Waals surface area contributed by atoms with Crippen LogP contribution < -0.4 is 11.1 Å². The number of benzene rings is 1. The van der Waals surface area contributed by atoms with Crippen LogP contribution in [-0.2, 0) is 22.3 Å². The number of hydrogen-bond donors (Lipinski definition) is 3. The van der Waals surface area contributed by atoms with Gasteiger partial charge in [0.2, 0.25) is 6.41 Å². The highest BCUT2D eigenvalue weighted by molar-refractivity contribution is 5.92. The van der Waals surface area contributed by atoms with Crippen LogP contribution in [0.3, 0.4) is 0 Å². The molecule has 1 aromatic carbocycles. The van der Waals surface area contributed by atoms with Crippen LogP contribution in [0.15, 0.2) is 42.7 Å². The molecule has 1 amide bonds. The van der Waals surface area contributed by atoms with Gasteiger partial charge in [0.05, 0.1) is 17.9 Å². The fourth-order valence-electron chi connectivity index (χ4n) is 2.29. The number of aromatic amines is 1. The first kappa shape index (κ1) is 19.3. The summed E-state index contributed by atoms with van der Waals surface area (Å²) in [7, 11) is 1.60. The van der Waals surface area contributed by atoms with Crippen molar-refractivity contribution in [3.05, 3.63) is 53.9 Å². The number of carbonyl (C=O) groups excluding carboxylic acids is 1. The summed E-state index contributed by atoms with van der Waals surface area (Å²) >= 11 is 0. The second-order valence-corrected chi connectivity index (χ2v) is 5.21. The average Bonchev–Trinajstić information content (AvgIpc) is 2.98. The molecule has 0 bridgehead atoms. The quantitative estimate of drug-likeness (QED) is 0.616. The van der Waals surface area contributed by atoms with Crippen LogP contribution in [0.5, 0.6) is 0 Å². The number of hydrogen-bond acceptors (Lipinski definition) is 4. The number of nitrogens with zero attached hydrogens (tertiary/aromatic N) is 1. The smallest absolute Gasteiger partial charge is 0.380 e. The number of fused-ring (bicyclic) bond motifs is 1. The maximum absolute atomic E-state index is 12.6. The van der Waals surface area contributed by atoms with Crippen LogP contribution in [0.1, 0.15) is 11.1 Å². The maximum atomic E-state index is 12.6. The van der Waals surface area contributed by atoms with Crippen molar-refractivity contribution in [3.8, 4) is 0 Å². The van der Waals surface area contributed by atoms with Crippen molar-refractivity contribution >= 4 is 28.8 Å². The van der Waals surface area contributed by atoms with E-state index in [0.717, 1.165) is 28.8 Å². The number of nitrogens with one attached hydrogen (secondary N) is 2. The predicted molar refractivity (Wildman–Crippen MR) is 91.8 cm³/mol. The minimum Gasteiger partial charge on any atom is -0.380 e. The van der Waals surface area contributed by atoms with E-state index in [1.165, 1.54) is 12.1 Å². The van der Waals surface area contributed by atoms with Gasteiger partial charge in [-0.05, 0) is 35.9 Å². The van der Waals surface area contributed by atoms with E-state index >= 15 is 0 Å². The third kappa shape index (κ3) is 4.73. The molecular weight excluding hydrogens is 349 g/mol. The molecule has 2 aromatic heterocycles. The first-order chi connectivity index (χ1) is 12.4. The van der Waals surface area contributed by atoms with Gasteiger partial charge in [-0.15, -0.1) is 0 Å². The van der Waals surface area contributed by atoms with E-state index in [-0.39, 0.29) is 6.41 Å². The third-order valence-electron chi connectivity index (χ3n) is 3.39. The normalized spacial score (nSPS) is 10.9. The summed E-state index contributed by atoms with van der Waals surface area (Å²) in [5.74, 6) is 0. The van der Waals surface area contributed by atoms with Crippen molar-refractivity contribution in [3.63, 3.8) is 0 Å². The lowest BCUT2D eigenvalue weighted by molar-refractivity contribution is -0.137. The summed E-state index contributed by atoms with van der Waals surface area (Å²) in [6, 6.07) is 6.81. The molecule has 0 radical (unpaired) electrons.